The van der Waals surface area contributed by atoms with Crippen LogP contribution in [0.15, 0.2) is 24.3 Å². The summed E-state index contributed by atoms with van der Waals surface area (Å²) in [6.07, 6.45) is 7.13. The van der Waals surface area contributed by atoms with E-state index in [1.54, 1.807) is 0 Å². The molecule has 130 valence electrons. The van der Waals surface area contributed by atoms with E-state index < -0.39 is 0 Å². The molecule has 6 heteroatoms. The van der Waals surface area contributed by atoms with E-state index >= 15 is 0 Å². The third-order valence-electron chi connectivity index (χ3n) is 4.66. The van der Waals surface area contributed by atoms with Crippen molar-refractivity contribution in [3.05, 3.63) is 35.1 Å². The number of hydrogen-bond acceptors (Lipinski definition) is 4. The molecule has 0 saturated heterocycles. The van der Waals surface area contributed by atoms with Crippen LogP contribution in [-0.2, 0) is 0 Å². The van der Waals surface area contributed by atoms with Gasteiger partial charge in [0.25, 0.3) is 0 Å². The van der Waals surface area contributed by atoms with Gasteiger partial charge in [-0.2, -0.15) is 0 Å². The molecule has 0 spiro atoms. The fraction of sp³-hybridized carbons (Fsp3) is 0.611. The lowest BCUT2D eigenvalue weighted by Crippen LogP contribution is -2.23. The second-order valence-electron chi connectivity index (χ2n) is 7.08. The molecule has 0 bridgehead atoms. The summed E-state index contributed by atoms with van der Waals surface area (Å²) in [7, 11) is 0. The standard InChI is InChI=1S/C18H26ClN5/c1-13(2)12-17(20-16-11-7-6-10-15(16)19)18-21-22-23-24(18)14-8-4-3-5-9-14/h6-7,10-11,13-14,17,20H,3-5,8-9,12H2,1-2H3/t17-/m0/s1. The highest BCUT2D eigenvalue weighted by Crippen LogP contribution is 2.33. The van der Waals surface area contributed by atoms with Gasteiger partial charge in [0.2, 0.25) is 0 Å². The number of hydrogen-bond donors (Lipinski definition) is 1. The zero-order valence-electron chi connectivity index (χ0n) is 14.5. The van der Waals surface area contributed by atoms with Crippen molar-refractivity contribution in [3.63, 3.8) is 0 Å². The Bertz CT molecular complexity index is 648. The molecule has 1 aromatic carbocycles. The van der Waals surface area contributed by atoms with Crippen LogP contribution in [0.3, 0.4) is 0 Å². The van der Waals surface area contributed by atoms with E-state index in [2.05, 4.69) is 39.4 Å². The number of rotatable bonds is 6. The maximum Gasteiger partial charge on any atom is 0.173 e. The van der Waals surface area contributed by atoms with Crippen LogP contribution >= 0.6 is 11.6 Å². The van der Waals surface area contributed by atoms with Crippen molar-refractivity contribution in [2.24, 2.45) is 5.92 Å². The molecule has 3 rings (SSSR count). The van der Waals surface area contributed by atoms with Crippen LogP contribution in [0.5, 0.6) is 0 Å². The SMILES string of the molecule is CC(C)C[C@H](Nc1ccccc1Cl)c1nnnn1C1CCCCC1. The molecule has 0 amide bonds. The lowest BCUT2D eigenvalue weighted by atomic mass is 9.95. The highest BCUT2D eigenvalue weighted by molar-refractivity contribution is 6.33. The first-order valence-corrected chi connectivity index (χ1v) is 9.31. The molecule has 1 aromatic heterocycles. The molecule has 1 fully saturated rings. The monoisotopic (exact) mass is 347 g/mol. The Balaban J connectivity index is 1.86. The average Bonchev–Trinajstić information content (AvgIpc) is 3.06. The predicted molar refractivity (Wildman–Crippen MR) is 97.2 cm³/mol. The fourth-order valence-electron chi connectivity index (χ4n) is 3.48. The summed E-state index contributed by atoms with van der Waals surface area (Å²) in [5.41, 5.74) is 0.933. The second-order valence-corrected chi connectivity index (χ2v) is 7.49. The van der Waals surface area contributed by atoms with Crippen LogP contribution in [0.25, 0.3) is 0 Å². The minimum Gasteiger partial charge on any atom is -0.374 e. The molecule has 1 atom stereocenters. The maximum absolute atomic E-state index is 6.33. The van der Waals surface area contributed by atoms with Crippen molar-refractivity contribution in [1.82, 2.24) is 20.2 Å². The van der Waals surface area contributed by atoms with Gasteiger partial charge in [-0.3, -0.25) is 0 Å². The predicted octanol–water partition coefficient (Wildman–Crippen LogP) is 5.03. The zero-order chi connectivity index (χ0) is 16.9. The van der Waals surface area contributed by atoms with Crippen LogP contribution in [0.4, 0.5) is 5.69 Å². The summed E-state index contributed by atoms with van der Waals surface area (Å²) in [6, 6.07) is 8.32. The summed E-state index contributed by atoms with van der Waals surface area (Å²) in [5, 5.41) is 17.0. The summed E-state index contributed by atoms with van der Waals surface area (Å²) in [5.74, 6) is 1.46. The lowest BCUT2D eigenvalue weighted by Gasteiger charge is -2.26. The van der Waals surface area contributed by atoms with Crippen molar-refractivity contribution in [2.45, 2.75) is 64.5 Å². The topological polar surface area (TPSA) is 55.6 Å². The number of anilines is 1. The van der Waals surface area contributed by atoms with Crippen molar-refractivity contribution in [1.29, 1.82) is 0 Å². The Morgan fingerprint density at radius 2 is 1.96 bits per heavy atom. The molecule has 0 aliphatic heterocycles. The molecule has 0 unspecified atom stereocenters. The number of benzene rings is 1. The van der Waals surface area contributed by atoms with Gasteiger partial charge in [-0.25, -0.2) is 4.68 Å². The third kappa shape index (κ3) is 4.07. The van der Waals surface area contributed by atoms with Crippen LogP contribution in [0.1, 0.15) is 70.3 Å². The summed E-state index contributed by atoms with van der Waals surface area (Å²) < 4.78 is 2.05. The zero-order valence-corrected chi connectivity index (χ0v) is 15.2. The molecule has 0 radical (unpaired) electrons. The van der Waals surface area contributed by atoms with Crippen LogP contribution in [0.2, 0.25) is 5.02 Å². The van der Waals surface area contributed by atoms with Gasteiger partial charge in [0.15, 0.2) is 5.82 Å². The Hall–Kier alpha value is -1.62. The average molecular weight is 348 g/mol. The lowest BCUT2D eigenvalue weighted by molar-refractivity contribution is 0.310. The molecule has 1 aliphatic rings. The van der Waals surface area contributed by atoms with Crippen molar-refractivity contribution >= 4 is 17.3 Å². The summed E-state index contributed by atoms with van der Waals surface area (Å²) in [4.78, 5) is 0. The van der Waals surface area contributed by atoms with Crippen LogP contribution < -0.4 is 5.32 Å². The molecule has 1 aliphatic carbocycles. The highest BCUT2D eigenvalue weighted by atomic mass is 35.5. The molecule has 2 aromatic rings. The molecular formula is C18H26ClN5. The molecular weight excluding hydrogens is 322 g/mol. The Morgan fingerprint density at radius 3 is 2.67 bits per heavy atom. The number of nitrogens with zero attached hydrogens (tertiary/aromatic N) is 4. The summed E-state index contributed by atoms with van der Waals surface area (Å²) >= 11 is 6.33. The number of para-hydroxylation sites is 1. The minimum absolute atomic E-state index is 0.0572. The smallest absolute Gasteiger partial charge is 0.173 e. The van der Waals surface area contributed by atoms with Crippen molar-refractivity contribution in [2.75, 3.05) is 5.32 Å². The second kappa shape index (κ2) is 7.97. The molecule has 5 nitrogen and oxygen atoms in total. The number of nitrogens with one attached hydrogen (secondary N) is 1. The van der Waals surface area contributed by atoms with E-state index in [0.717, 1.165) is 23.0 Å². The molecule has 1 saturated carbocycles. The van der Waals surface area contributed by atoms with E-state index in [9.17, 15) is 0 Å². The van der Waals surface area contributed by atoms with Gasteiger partial charge in [-0.1, -0.05) is 56.8 Å². The Kier molecular flexibility index (Phi) is 5.72. The third-order valence-corrected chi connectivity index (χ3v) is 4.99. The first-order valence-electron chi connectivity index (χ1n) is 8.94. The normalized spacial score (nSPS) is 17.2. The van der Waals surface area contributed by atoms with E-state index in [1.165, 1.54) is 32.1 Å². The summed E-state index contributed by atoms with van der Waals surface area (Å²) in [6.45, 7) is 4.44. The van der Waals surface area contributed by atoms with Crippen molar-refractivity contribution < 1.29 is 0 Å². The van der Waals surface area contributed by atoms with Crippen LogP contribution in [0, 0.1) is 5.92 Å². The molecule has 1 heterocycles. The quantitative estimate of drug-likeness (QED) is 0.796. The first-order chi connectivity index (χ1) is 11.6. The van der Waals surface area contributed by atoms with Gasteiger partial charge in [-0.15, -0.1) is 5.10 Å². The fourth-order valence-corrected chi connectivity index (χ4v) is 3.67. The van der Waals surface area contributed by atoms with E-state index in [-0.39, 0.29) is 6.04 Å². The minimum atomic E-state index is 0.0572. The van der Waals surface area contributed by atoms with Gasteiger partial charge < -0.3 is 5.32 Å². The van der Waals surface area contributed by atoms with Crippen LogP contribution in [-0.4, -0.2) is 20.2 Å². The van der Waals surface area contributed by atoms with Gasteiger partial charge in [-0.05, 0) is 47.7 Å². The largest absolute Gasteiger partial charge is 0.374 e. The highest BCUT2D eigenvalue weighted by Gasteiger charge is 2.26. The van der Waals surface area contributed by atoms with Gasteiger partial charge >= 0.3 is 0 Å². The van der Waals surface area contributed by atoms with Gasteiger partial charge in [0.05, 0.1) is 22.8 Å². The molecule has 24 heavy (non-hydrogen) atoms. The Morgan fingerprint density at radius 1 is 1.21 bits per heavy atom. The number of tetrazole rings is 1. The first kappa shape index (κ1) is 17.2. The van der Waals surface area contributed by atoms with Gasteiger partial charge in [0, 0.05) is 0 Å². The number of aromatic nitrogens is 4. The van der Waals surface area contributed by atoms with Gasteiger partial charge in [0.1, 0.15) is 0 Å². The van der Waals surface area contributed by atoms with E-state index in [0.29, 0.717) is 12.0 Å². The van der Waals surface area contributed by atoms with E-state index in [1.807, 2.05) is 24.3 Å². The maximum atomic E-state index is 6.33. The number of halogens is 1. The van der Waals surface area contributed by atoms with E-state index in [4.69, 9.17) is 11.6 Å². The Labute approximate surface area is 148 Å². The van der Waals surface area contributed by atoms with Crippen molar-refractivity contribution in [3.8, 4) is 0 Å². The molecule has 1 N–H and O–H groups in total.